The van der Waals surface area contributed by atoms with Crippen LogP contribution >= 0.6 is 0 Å². The standard InChI is InChI=1S/C20H35N5O2/c1-21-20(22-9-6-10-23(2)15-16-26-3)25-13-11-24(12-14-25)18-7-5-8-19(17-18)27-4/h5,7-8,17H,6,9-16H2,1-4H3,(H,21,22). The summed E-state index contributed by atoms with van der Waals surface area (Å²) in [5.41, 5.74) is 1.22. The lowest BCUT2D eigenvalue weighted by Crippen LogP contribution is -2.52. The first-order chi connectivity index (χ1) is 13.2. The predicted molar refractivity (Wildman–Crippen MR) is 112 cm³/mol. The SMILES string of the molecule is CN=C(NCCCN(C)CCOC)N1CCN(c2cccc(OC)c2)CC1. The van der Waals surface area contributed by atoms with Crippen LogP contribution in [-0.2, 0) is 4.74 Å². The van der Waals surface area contributed by atoms with Gasteiger partial charge in [0, 0.05) is 65.2 Å². The van der Waals surface area contributed by atoms with Crippen molar-refractivity contribution >= 4 is 11.6 Å². The van der Waals surface area contributed by atoms with E-state index in [1.54, 1.807) is 14.2 Å². The molecular formula is C20H35N5O2. The van der Waals surface area contributed by atoms with Crippen LogP contribution in [0.5, 0.6) is 5.75 Å². The Morgan fingerprint density at radius 1 is 1.19 bits per heavy atom. The Morgan fingerprint density at radius 3 is 2.63 bits per heavy atom. The van der Waals surface area contributed by atoms with Gasteiger partial charge in [-0.2, -0.15) is 0 Å². The maximum atomic E-state index is 5.34. The molecule has 0 aromatic heterocycles. The maximum absolute atomic E-state index is 5.34. The van der Waals surface area contributed by atoms with Crippen molar-refractivity contribution in [3.05, 3.63) is 24.3 Å². The molecule has 0 aliphatic carbocycles. The molecule has 0 atom stereocenters. The molecule has 0 spiro atoms. The maximum Gasteiger partial charge on any atom is 0.193 e. The van der Waals surface area contributed by atoms with Crippen LogP contribution in [0.1, 0.15) is 6.42 Å². The molecule has 7 nitrogen and oxygen atoms in total. The number of nitrogens with one attached hydrogen (secondary N) is 1. The molecule has 1 aliphatic heterocycles. The van der Waals surface area contributed by atoms with Crippen molar-refractivity contribution in [1.29, 1.82) is 0 Å². The van der Waals surface area contributed by atoms with E-state index in [9.17, 15) is 0 Å². The number of anilines is 1. The summed E-state index contributed by atoms with van der Waals surface area (Å²) in [6.45, 7) is 7.62. The Kier molecular flexibility index (Phi) is 9.21. The van der Waals surface area contributed by atoms with Crippen molar-refractivity contribution in [2.45, 2.75) is 6.42 Å². The van der Waals surface area contributed by atoms with Crippen molar-refractivity contribution < 1.29 is 9.47 Å². The van der Waals surface area contributed by atoms with Crippen LogP contribution in [0, 0.1) is 0 Å². The number of nitrogens with zero attached hydrogens (tertiary/aromatic N) is 4. The number of aliphatic imine (C=N–C) groups is 1. The summed E-state index contributed by atoms with van der Waals surface area (Å²) in [5, 5.41) is 3.50. The number of rotatable bonds is 9. The van der Waals surface area contributed by atoms with Crippen LogP contribution in [0.25, 0.3) is 0 Å². The Morgan fingerprint density at radius 2 is 1.96 bits per heavy atom. The molecule has 0 unspecified atom stereocenters. The van der Waals surface area contributed by atoms with Gasteiger partial charge in [-0.15, -0.1) is 0 Å². The van der Waals surface area contributed by atoms with Gasteiger partial charge in [-0.1, -0.05) is 6.07 Å². The summed E-state index contributed by atoms with van der Waals surface area (Å²) in [4.78, 5) is 11.5. The molecule has 1 heterocycles. The quantitative estimate of drug-likeness (QED) is 0.398. The molecule has 7 heteroatoms. The Balaban J connectivity index is 1.73. The molecule has 1 aromatic rings. The van der Waals surface area contributed by atoms with E-state index >= 15 is 0 Å². The van der Waals surface area contributed by atoms with Crippen LogP contribution in [0.2, 0.25) is 0 Å². The van der Waals surface area contributed by atoms with Gasteiger partial charge in [0.2, 0.25) is 0 Å². The second kappa shape index (κ2) is 11.7. The molecule has 1 fully saturated rings. The van der Waals surface area contributed by atoms with E-state index < -0.39 is 0 Å². The highest BCUT2D eigenvalue weighted by Crippen LogP contribution is 2.22. The Labute approximate surface area is 163 Å². The molecule has 1 aromatic carbocycles. The highest BCUT2D eigenvalue weighted by atomic mass is 16.5. The van der Waals surface area contributed by atoms with Crippen molar-refractivity contribution in [2.75, 3.05) is 85.6 Å². The monoisotopic (exact) mass is 377 g/mol. The zero-order chi connectivity index (χ0) is 19.5. The topological polar surface area (TPSA) is 52.6 Å². The number of hydrogen-bond acceptors (Lipinski definition) is 5. The first-order valence-corrected chi connectivity index (χ1v) is 9.70. The number of guanidine groups is 1. The molecule has 2 rings (SSSR count). The number of hydrogen-bond donors (Lipinski definition) is 1. The van der Waals surface area contributed by atoms with Gasteiger partial charge in [-0.3, -0.25) is 4.99 Å². The average molecular weight is 378 g/mol. The molecule has 0 saturated carbocycles. The van der Waals surface area contributed by atoms with Gasteiger partial charge in [-0.05, 0) is 32.1 Å². The fourth-order valence-corrected chi connectivity index (χ4v) is 3.22. The molecule has 27 heavy (non-hydrogen) atoms. The summed E-state index contributed by atoms with van der Waals surface area (Å²) in [6, 6.07) is 8.27. The first-order valence-electron chi connectivity index (χ1n) is 9.70. The summed E-state index contributed by atoms with van der Waals surface area (Å²) in [5.74, 6) is 1.91. The number of likely N-dealkylation sites (N-methyl/N-ethyl adjacent to an activating group) is 1. The molecular weight excluding hydrogens is 342 g/mol. The summed E-state index contributed by atoms with van der Waals surface area (Å²) in [7, 11) is 7.45. The number of benzene rings is 1. The number of ether oxygens (including phenoxy) is 2. The van der Waals surface area contributed by atoms with Crippen LogP contribution in [0.15, 0.2) is 29.3 Å². The van der Waals surface area contributed by atoms with Crippen molar-refractivity contribution in [1.82, 2.24) is 15.1 Å². The smallest absolute Gasteiger partial charge is 0.193 e. The Hall–Kier alpha value is -1.99. The minimum atomic E-state index is 0.781. The molecule has 152 valence electrons. The third-order valence-corrected chi connectivity index (χ3v) is 4.89. The van der Waals surface area contributed by atoms with Gasteiger partial charge in [0.25, 0.3) is 0 Å². The van der Waals surface area contributed by atoms with Crippen LogP contribution < -0.4 is 15.0 Å². The summed E-state index contributed by atoms with van der Waals surface area (Å²) in [6.07, 6.45) is 1.09. The van der Waals surface area contributed by atoms with E-state index in [4.69, 9.17) is 9.47 Å². The third-order valence-electron chi connectivity index (χ3n) is 4.89. The van der Waals surface area contributed by atoms with Crippen LogP contribution in [0.3, 0.4) is 0 Å². The molecule has 1 saturated heterocycles. The van der Waals surface area contributed by atoms with Gasteiger partial charge in [0.15, 0.2) is 5.96 Å². The minimum Gasteiger partial charge on any atom is -0.497 e. The lowest BCUT2D eigenvalue weighted by molar-refractivity contribution is 0.161. The first kappa shape index (κ1) is 21.3. The van der Waals surface area contributed by atoms with Crippen LogP contribution in [-0.4, -0.2) is 96.5 Å². The molecule has 0 amide bonds. The lowest BCUT2D eigenvalue weighted by atomic mass is 10.2. The van der Waals surface area contributed by atoms with E-state index in [0.29, 0.717) is 0 Å². The normalized spacial score (nSPS) is 15.4. The molecule has 1 aliphatic rings. The van der Waals surface area contributed by atoms with Crippen LogP contribution in [0.4, 0.5) is 5.69 Å². The number of piperazine rings is 1. The zero-order valence-corrected chi connectivity index (χ0v) is 17.3. The van der Waals surface area contributed by atoms with E-state index in [1.165, 1.54) is 5.69 Å². The molecule has 0 bridgehead atoms. The second-order valence-electron chi connectivity index (χ2n) is 6.80. The fourth-order valence-electron chi connectivity index (χ4n) is 3.22. The fraction of sp³-hybridized carbons (Fsp3) is 0.650. The van der Waals surface area contributed by atoms with E-state index in [2.05, 4.69) is 44.2 Å². The third kappa shape index (κ3) is 6.92. The average Bonchev–Trinajstić information content (AvgIpc) is 2.72. The number of methoxy groups -OCH3 is 2. The molecule has 0 radical (unpaired) electrons. The van der Waals surface area contributed by atoms with E-state index in [-0.39, 0.29) is 0 Å². The van der Waals surface area contributed by atoms with Crippen molar-refractivity contribution in [2.24, 2.45) is 4.99 Å². The van der Waals surface area contributed by atoms with Gasteiger partial charge in [-0.25, -0.2) is 0 Å². The highest BCUT2D eigenvalue weighted by Gasteiger charge is 2.19. The Bertz CT molecular complexity index is 573. The van der Waals surface area contributed by atoms with Gasteiger partial charge >= 0.3 is 0 Å². The zero-order valence-electron chi connectivity index (χ0n) is 17.3. The predicted octanol–water partition coefficient (Wildman–Crippen LogP) is 1.36. The van der Waals surface area contributed by atoms with E-state index in [1.807, 2.05) is 19.2 Å². The van der Waals surface area contributed by atoms with E-state index in [0.717, 1.165) is 70.6 Å². The summed E-state index contributed by atoms with van der Waals surface area (Å²) >= 11 is 0. The highest BCUT2D eigenvalue weighted by molar-refractivity contribution is 5.80. The van der Waals surface area contributed by atoms with Crippen molar-refractivity contribution in [3.63, 3.8) is 0 Å². The largest absolute Gasteiger partial charge is 0.497 e. The van der Waals surface area contributed by atoms with Gasteiger partial charge in [0.1, 0.15) is 5.75 Å². The minimum absolute atomic E-state index is 0.781. The second-order valence-corrected chi connectivity index (χ2v) is 6.80. The van der Waals surface area contributed by atoms with Gasteiger partial charge < -0.3 is 29.5 Å². The van der Waals surface area contributed by atoms with Crippen molar-refractivity contribution in [3.8, 4) is 5.75 Å². The summed E-state index contributed by atoms with van der Waals surface area (Å²) < 4.78 is 10.5. The lowest BCUT2D eigenvalue weighted by Gasteiger charge is -2.37. The molecule has 1 N–H and O–H groups in total. The van der Waals surface area contributed by atoms with Gasteiger partial charge in [0.05, 0.1) is 13.7 Å².